The third-order valence-electron chi connectivity index (χ3n) is 3.98. The van der Waals surface area contributed by atoms with Gasteiger partial charge in [0.1, 0.15) is 11.9 Å². The van der Waals surface area contributed by atoms with Crippen molar-refractivity contribution in [2.45, 2.75) is 19.1 Å². The average Bonchev–Trinajstić information content (AvgIpc) is 2.85. The van der Waals surface area contributed by atoms with Gasteiger partial charge in [-0.1, -0.05) is 18.2 Å². The Kier molecular flexibility index (Phi) is 2.85. The van der Waals surface area contributed by atoms with Gasteiger partial charge in [0, 0.05) is 18.0 Å². The normalized spacial score (nSPS) is 29.9. The summed E-state index contributed by atoms with van der Waals surface area (Å²) >= 11 is 0. The standard InChI is InChI=1S/C13H17NO4S/c1-8-4-3-5-10-11-13(18-12(8)10)9(7-15)6-14(11)19(2,16)17/h3-5,9,11,13,15H,6-7H2,1-2H3/t9-,11-,13-/m0/s1. The Hall–Kier alpha value is -1.11. The van der Waals surface area contributed by atoms with E-state index >= 15 is 0 Å². The molecule has 3 atom stereocenters. The minimum absolute atomic E-state index is 0.0692. The van der Waals surface area contributed by atoms with E-state index in [0.717, 1.165) is 16.9 Å². The molecule has 0 bridgehead atoms. The molecule has 104 valence electrons. The lowest BCUT2D eigenvalue weighted by atomic mass is 9.99. The van der Waals surface area contributed by atoms with Gasteiger partial charge in [-0.15, -0.1) is 0 Å². The van der Waals surface area contributed by atoms with Crippen molar-refractivity contribution in [2.24, 2.45) is 5.92 Å². The van der Waals surface area contributed by atoms with Crippen LogP contribution in [0.4, 0.5) is 0 Å². The zero-order valence-corrected chi connectivity index (χ0v) is 11.7. The number of rotatable bonds is 2. The van der Waals surface area contributed by atoms with E-state index in [1.807, 2.05) is 25.1 Å². The Morgan fingerprint density at radius 2 is 2.21 bits per heavy atom. The quantitative estimate of drug-likeness (QED) is 0.867. The molecule has 1 saturated heterocycles. The third-order valence-corrected chi connectivity index (χ3v) is 5.20. The summed E-state index contributed by atoms with van der Waals surface area (Å²) in [6.07, 6.45) is 0.924. The first-order chi connectivity index (χ1) is 8.93. The summed E-state index contributed by atoms with van der Waals surface area (Å²) < 4.78 is 31.2. The van der Waals surface area contributed by atoms with E-state index in [1.54, 1.807) is 0 Å². The summed E-state index contributed by atoms with van der Waals surface area (Å²) in [7, 11) is -3.31. The van der Waals surface area contributed by atoms with E-state index in [0.29, 0.717) is 6.54 Å². The number of aryl methyl sites for hydroxylation is 1. The fourth-order valence-corrected chi connectivity index (χ4v) is 4.18. The van der Waals surface area contributed by atoms with Crippen LogP contribution in [0.5, 0.6) is 5.75 Å². The fraction of sp³-hybridized carbons (Fsp3) is 0.538. The van der Waals surface area contributed by atoms with E-state index in [2.05, 4.69) is 0 Å². The van der Waals surface area contributed by atoms with Crippen LogP contribution in [0.2, 0.25) is 0 Å². The highest BCUT2D eigenvalue weighted by Gasteiger charge is 2.52. The topological polar surface area (TPSA) is 66.8 Å². The van der Waals surface area contributed by atoms with Gasteiger partial charge in [0.15, 0.2) is 0 Å². The summed E-state index contributed by atoms with van der Waals surface area (Å²) in [5.74, 6) is 0.593. The van der Waals surface area contributed by atoms with Crippen LogP contribution < -0.4 is 4.74 Å². The molecule has 5 nitrogen and oxygen atoms in total. The molecule has 0 radical (unpaired) electrons. The Bertz CT molecular complexity index is 613. The maximum Gasteiger partial charge on any atom is 0.211 e. The van der Waals surface area contributed by atoms with Gasteiger partial charge in [0.25, 0.3) is 0 Å². The smallest absolute Gasteiger partial charge is 0.211 e. The van der Waals surface area contributed by atoms with Crippen LogP contribution in [-0.4, -0.2) is 43.3 Å². The lowest BCUT2D eigenvalue weighted by Crippen LogP contribution is -2.31. The first-order valence-electron chi connectivity index (χ1n) is 6.27. The second-order valence-corrected chi connectivity index (χ2v) is 7.23. The van der Waals surface area contributed by atoms with E-state index in [1.165, 1.54) is 10.6 Å². The molecule has 1 aromatic rings. The first-order valence-corrected chi connectivity index (χ1v) is 8.12. The monoisotopic (exact) mass is 283 g/mol. The SMILES string of the molecule is Cc1cccc2c1O[C@H]1[C@H](CO)CN(S(C)(=O)=O)[C@@H]21. The summed E-state index contributed by atoms with van der Waals surface area (Å²) in [5, 5.41) is 9.44. The van der Waals surface area contributed by atoms with Gasteiger partial charge in [-0.2, -0.15) is 4.31 Å². The van der Waals surface area contributed by atoms with Crippen LogP contribution in [0.1, 0.15) is 17.2 Å². The maximum atomic E-state index is 11.9. The van der Waals surface area contributed by atoms with Crippen molar-refractivity contribution < 1.29 is 18.3 Å². The zero-order chi connectivity index (χ0) is 13.8. The zero-order valence-electron chi connectivity index (χ0n) is 10.9. The highest BCUT2D eigenvalue weighted by atomic mass is 32.2. The predicted octanol–water partition coefficient (Wildman–Crippen LogP) is 0.681. The first kappa shape index (κ1) is 12.9. The van der Waals surface area contributed by atoms with Crippen molar-refractivity contribution in [2.75, 3.05) is 19.4 Å². The van der Waals surface area contributed by atoms with Gasteiger partial charge < -0.3 is 9.84 Å². The lowest BCUT2D eigenvalue weighted by molar-refractivity contribution is 0.120. The molecular weight excluding hydrogens is 266 g/mol. The van der Waals surface area contributed by atoms with Crippen LogP contribution >= 0.6 is 0 Å². The van der Waals surface area contributed by atoms with Crippen LogP contribution in [-0.2, 0) is 10.0 Å². The van der Waals surface area contributed by atoms with Crippen LogP contribution in [0, 0.1) is 12.8 Å². The van der Waals surface area contributed by atoms with Gasteiger partial charge >= 0.3 is 0 Å². The second kappa shape index (κ2) is 4.19. The van der Waals surface area contributed by atoms with Crippen molar-refractivity contribution in [3.8, 4) is 5.75 Å². The summed E-state index contributed by atoms with van der Waals surface area (Å²) in [5.41, 5.74) is 1.91. The number of benzene rings is 1. The van der Waals surface area contributed by atoms with Crippen molar-refractivity contribution in [1.82, 2.24) is 4.31 Å². The van der Waals surface area contributed by atoms with Crippen molar-refractivity contribution in [1.29, 1.82) is 0 Å². The number of aliphatic hydroxyl groups is 1. The molecule has 19 heavy (non-hydrogen) atoms. The number of hydrogen-bond acceptors (Lipinski definition) is 4. The van der Waals surface area contributed by atoms with Crippen molar-refractivity contribution in [3.05, 3.63) is 29.3 Å². The third kappa shape index (κ3) is 1.86. The van der Waals surface area contributed by atoms with Crippen LogP contribution in [0.25, 0.3) is 0 Å². The number of para-hydroxylation sites is 1. The van der Waals surface area contributed by atoms with E-state index < -0.39 is 10.0 Å². The lowest BCUT2D eigenvalue weighted by Gasteiger charge is -2.20. The van der Waals surface area contributed by atoms with E-state index in [9.17, 15) is 13.5 Å². The summed E-state index contributed by atoms with van der Waals surface area (Å²) in [4.78, 5) is 0. The molecule has 2 heterocycles. The number of hydrogen-bond donors (Lipinski definition) is 1. The molecule has 1 aromatic carbocycles. The van der Waals surface area contributed by atoms with Crippen molar-refractivity contribution >= 4 is 10.0 Å². The number of ether oxygens (including phenoxy) is 1. The number of sulfonamides is 1. The molecule has 0 spiro atoms. The average molecular weight is 283 g/mol. The van der Waals surface area contributed by atoms with Crippen molar-refractivity contribution in [3.63, 3.8) is 0 Å². The summed E-state index contributed by atoms with van der Waals surface area (Å²) in [6, 6.07) is 5.46. The number of fused-ring (bicyclic) bond motifs is 3. The fourth-order valence-electron chi connectivity index (χ4n) is 3.07. The Balaban J connectivity index is 2.11. The molecule has 2 aliphatic rings. The minimum Gasteiger partial charge on any atom is -0.487 e. The number of aliphatic hydroxyl groups excluding tert-OH is 1. The molecule has 0 saturated carbocycles. The summed E-state index contributed by atoms with van der Waals surface area (Å²) in [6.45, 7) is 2.19. The Labute approximate surface area is 112 Å². The molecule has 0 aliphatic carbocycles. The van der Waals surface area contributed by atoms with Gasteiger partial charge in [0.05, 0.1) is 18.9 Å². The molecule has 1 N–H and O–H groups in total. The second-order valence-electron chi connectivity index (χ2n) is 5.30. The molecular formula is C13H17NO4S. The van der Waals surface area contributed by atoms with Gasteiger partial charge in [-0.05, 0) is 12.5 Å². The number of nitrogens with zero attached hydrogens (tertiary/aromatic N) is 1. The van der Waals surface area contributed by atoms with E-state index in [4.69, 9.17) is 4.74 Å². The molecule has 0 unspecified atom stereocenters. The highest BCUT2D eigenvalue weighted by molar-refractivity contribution is 7.88. The Morgan fingerprint density at radius 3 is 2.84 bits per heavy atom. The molecule has 0 aromatic heterocycles. The van der Waals surface area contributed by atoms with Crippen LogP contribution in [0.15, 0.2) is 18.2 Å². The molecule has 3 rings (SSSR count). The predicted molar refractivity (Wildman–Crippen MR) is 70.5 cm³/mol. The van der Waals surface area contributed by atoms with Gasteiger partial charge in [-0.25, -0.2) is 8.42 Å². The molecule has 6 heteroatoms. The van der Waals surface area contributed by atoms with E-state index in [-0.39, 0.29) is 24.7 Å². The van der Waals surface area contributed by atoms with Gasteiger partial charge in [0.2, 0.25) is 10.0 Å². The highest BCUT2D eigenvalue weighted by Crippen LogP contribution is 2.49. The minimum atomic E-state index is -3.31. The Morgan fingerprint density at radius 1 is 1.47 bits per heavy atom. The molecule has 1 fully saturated rings. The molecule has 0 amide bonds. The van der Waals surface area contributed by atoms with Gasteiger partial charge in [-0.3, -0.25) is 0 Å². The maximum absolute atomic E-state index is 11.9. The molecule has 2 aliphatic heterocycles. The largest absolute Gasteiger partial charge is 0.487 e. The van der Waals surface area contributed by atoms with Crippen LogP contribution in [0.3, 0.4) is 0 Å².